The molecule has 3 amide bonds. The van der Waals surface area contributed by atoms with Crippen LogP contribution in [0.3, 0.4) is 0 Å². The number of nitrogens with one attached hydrogen (secondary N) is 1. The summed E-state index contributed by atoms with van der Waals surface area (Å²) in [4.78, 5) is 67.1. The van der Waals surface area contributed by atoms with Crippen LogP contribution in [0.2, 0.25) is 10.0 Å². The minimum Gasteiger partial charge on any atom is -0.478 e. The zero-order chi connectivity index (χ0) is 56.4. The maximum Gasteiger partial charge on any atom is 0.328 e. The van der Waals surface area contributed by atoms with Crippen LogP contribution in [-0.2, 0) is 22.7 Å². The molecule has 10 rings (SSSR count). The van der Waals surface area contributed by atoms with E-state index in [4.69, 9.17) is 54.3 Å². The Balaban J connectivity index is 0.000000178. The van der Waals surface area contributed by atoms with Crippen molar-refractivity contribution in [2.75, 3.05) is 37.6 Å². The number of alkyl halides is 4. The number of piperidine rings is 2. The monoisotopic (exact) mass is 1120 g/mol. The Morgan fingerprint density at radius 1 is 0.620 bits per heavy atom. The van der Waals surface area contributed by atoms with E-state index in [9.17, 15) is 36.7 Å². The van der Waals surface area contributed by atoms with Crippen LogP contribution in [0.1, 0.15) is 68.7 Å². The summed E-state index contributed by atoms with van der Waals surface area (Å²) in [6.07, 6.45) is 13.3. The quantitative estimate of drug-likeness (QED) is 0.0596. The minimum atomic E-state index is -2.72. The molecule has 17 nitrogen and oxygen atoms in total. The minimum absolute atomic E-state index is 0.00798. The third-order valence-electron chi connectivity index (χ3n) is 12.7. The van der Waals surface area contributed by atoms with Crippen molar-refractivity contribution in [2.45, 2.75) is 50.6 Å². The van der Waals surface area contributed by atoms with Gasteiger partial charge in [-0.05, 0) is 96.1 Å². The first-order chi connectivity index (χ1) is 37.7. The number of halogens is 6. The second kappa shape index (κ2) is 24.8. The molecule has 2 aromatic carbocycles. The number of carboxylic acid groups (broad SMARTS) is 1. The predicted octanol–water partition coefficient (Wildman–Crippen LogP) is 10.6. The normalized spacial score (nSPS) is 14.9. The number of fused-ring (bicyclic) bond motifs is 2. The lowest BCUT2D eigenvalue weighted by atomic mass is 10.0. The van der Waals surface area contributed by atoms with Crippen LogP contribution in [0.4, 0.5) is 29.2 Å². The Kier molecular flexibility index (Phi) is 17.7. The number of hydrogen-bond acceptors (Lipinski definition) is 13. The number of nitrogen functional groups attached to an aromatic ring is 2. The third kappa shape index (κ3) is 14.7. The summed E-state index contributed by atoms with van der Waals surface area (Å²) >= 11 is 12.8. The topological polar surface area (TPSA) is 263 Å². The highest BCUT2D eigenvalue weighted by molar-refractivity contribution is 6.35. The zero-order valence-electron chi connectivity index (χ0n) is 41.9. The molecule has 2 aliphatic heterocycles. The molecule has 0 bridgehead atoms. The number of pyridine rings is 4. The van der Waals surface area contributed by atoms with Crippen molar-refractivity contribution < 1.29 is 50.7 Å². The molecule has 408 valence electrons. The van der Waals surface area contributed by atoms with Gasteiger partial charge in [0.05, 0.1) is 45.1 Å². The number of hydrogen-bond donors (Lipinski definition) is 5. The van der Waals surface area contributed by atoms with Gasteiger partial charge in [-0.2, -0.15) is 0 Å². The summed E-state index contributed by atoms with van der Waals surface area (Å²) < 4.78 is 64.5. The first kappa shape index (κ1) is 56.5. The molecule has 8 N–H and O–H groups in total. The van der Waals surface area contributed by atoms with Gasteiger partial charge in [-0.3, -0.25) is 24.4 Å². The summed E-state index contributed by atoms with van der Waals surface area (Å²) in [5.41, 5.74) is 24.0. The molecule has 23 heteroatoms. The maximum atomic E-state index is 13.4. The van der Waals surface area contributed by atoms with E-state index in [1.54, 1.807) is 79.2 Å². The Morgan fingerprint density at radius 3 is 1.47 bits per heavy atom. The number of furan rings is 2. The average molecular weight is 1120 g/mol. The molecule has 2 fully saturated rings. The van der Waals surface area contributed by atoms with Crippen molar-refractivity contribution in [3.63, 3.8) is 0 Å². The highest BCUT2D eigenvalue weighted by atomic mass is 35.5. The standard InChI is InChI=1S/C28H24ClF2N5O3.C20H18ClF2N3O2.C8H8N2O2/c29-22-12-19(23-4-3-18(14-33-23)27(38)36-9-7-28(30,31)8-10-36)11-21-20(16-39-26(21)22)15-35-25(37)6-2-17-1-5-24(32)34-13-17;21-16-8-13(7-15-14(9-24)11-28-18(15)16)17-2-1-12(10-25-17)19(27)26-5-3-20(22,23)4-6-26;9-7-3-1-6(5-10-7)2-4-8(11)12/h1-6,11-14,16H,7-10,15H2,(H2,32,34)(H,35,37);1-2,7-8,10-11H,3-6,9,24H2;1-5H,(H2,9,10)(H,11,12)/b6-2+;;4-2+. The molecule has 2 saturated heterocycles. The molecule has 0 aliphatic carbocycles. The van der Waals surface area contributed by atoms with Crippen LogP contribution in [0, 0.1) is 0 Å². The molecule has 79 heavy (non-hydrogen) atoms. The number of nitrogens with two attached hydrogens (primary N) is 3. The molecule has 6 aromatic heterocycles. The van der Waals surface area contributed by atoms with Crippen LogP contribution >= 0.6 is 23.2 Å². The highest BCUT2D eigenvalue weighted by Crippen LogP contribution is 2.36. The van der Waals surface area contributed by atoms with E-state index >= 15 is 0 Å². The van der Waals surface area contributed by atoms with Crippen LogP contribution in [0.15, 0.2) is 131 Å². The highest BCUT2D eigenvalue weighted by Gasteiger charge is 2.37. The van der Waals surface area contributed by atoms with Crippen molar-refractivity contribution in [3.8, 4) is 22.5 Å². The number of benzene rings is 2. The van der Waals surface area contributed by atoms with Gasteiger partial charge < -0.3 is 46.3 Å². The fourth-order valence-corrected chi connectivity index (χ4v) is 8.84. The molecular weight excluding hydrogens is 1070 g/mol. The van der Waals surface area contributed by atoms with E-state index in [1.165, 1.54) is 46.8 Å². The number of aliphatic carboxylic acids is 1. The number of likely N-dealkylation sites (tertiary alicyclic amines) is 2. The molecule has 0 atom stereocenters. The van der Waals surface area contributed by atoms with Gasteiger partial charge in [-0.1, -0.05) is 23.2 Å². The summed E-state index contributed by atoms with van der Waals surface area (Å²) in [7, 11) is 0. The molecule has 0 spiro atoms. The molecule has 8 aromatic rings. The Morgan fingerprint density at radius 2 is 1.06 bits per heavy atom. The number of amides is 3. The number of anilines is 2. The second-order valence-electron chi connectivity index (χ2n) is 18.3. The maximum absolute atomic E-state index is 13.4. The van der Waals surface area contributed by atoms with Crippen molar-refractivity contribution in [2.24, 2.45) is 5.73 Å². The van der Waals surface area contributed by atoms with Crippen LogP contribution in [0.25, 0.3) is 56.6 Å². The lowest BCUT2D eigenvalue weighted by Crippen LogP contribution is -2.42. The van der Waals surface area contributed by atoms with Gasteiger partial charge in [0.2, 0.25) is 5.91 Å². The van der Waals surface area contributed by atoms with Crippen LogP contribution in [-0.4, -0.2) is 96.6 Å². The SMILES string of the molecule is NCc1coc2c(Cl)cc(-c3ccc(C(=O)N4CCC(F)(F)CC4)cn3)cc12.Nc1ccc(/C=C/C(=O)NCc2coc3c(Cl)cc(-c4ccc(C(=O)N5CCC(F)(F)CC5)cn4)cc23)cn1.Nc1ccc(/C=C/C(=O)O)cn1. The van der Waals surface area contributed by atoms with E-state index < -0.39 is 17.8 Å². The summed E-state index contributed by atoms with van der Waals surface area (Å²) in [6, 6.07) is 20.6. The predicted molar refractivity (Wildman–Crippen MR) is 292 cm³/mol. The molecule has 8 heterocycles. The first-order valence-corrected chi connectivity index (χ1v) is 25.2. The number of rotatable bonds is 11. The summed E-state index contributed by atoms with van der Waals surface area (Å²) in [5, 5.41) is 13.5. The van der Waals surface area contributed by atoms with Gasteiger partial charge >= 0.3 is 5.97 Å². The van der Waals surface area contributed by atoms with Crippen molar-refractivity contribution in [3.05, 3.63) is 166 Å². The molecule has 2 aliphatic rings. The lowest BCUT2D eigenvalue weighted by molar-refractivity contribution is -0.131. The van der Waals surface area contributed by atoms with Crippen LogP contribution < -0.4 is 22.5 Å². The third-order valence-corrected chi connectivity index (χ3v) is 13.3. The van der Waals surface area contributed by atoms with E-state index in [1.807, 2.05) is 12.1 Å². The van der Waals surface area contributed by atoms with Crippen molar-refractivity contribution >= 4 is 92.6 Å². The van der Waals surface area contributed by atoms with Crippen LogP contribution in [0.5, 0.6) is 0 Å². The van der Waals surface area contributed by atoms with Gasteiger partial charge in [0.1, 0.15) is 11.6 Å². The smallest absolute Gasteiger partial charge is 0.328 e. The molecule has 0 radical (unpaired) electrons. The number of carbonyl (C=O) groups excluding carboxylic acids is 3. The fraction of sp³-hybridized carbons (Fsp3) is 0.214. The van der Waals surface area contributed by atoms with Crippen molar-refractivity contribution in [1.82, 2.24) is 35.1 Å². The number of nitrogens with zero attached hydrogens (tertiary/aromatic N) is 6. The summed E-state index contributed by atoms with van der Waals surface area (Å²) in [6.45, 7) is 0.626. The Labute approximate surface area is 458 Å². The fourth-order valence-electron chi connectivity index (χ4n) is 8.31. The van der Waals surface area contributed by atoms with Gasteiger partial charge in [-0.15, -0.1) is 0 Å². The molecule has 0 saturated carbocycles. The first-order valence-electron chi connectivity index (χ1n) is 24.4. The van der Waals surface area contributed by atoms with Gasteiger partial charge in [-0.25, -0.2) is 32.3 Å². The average Bonchev–Trinajstić information content (AvgIpc) is 4.27. The number of aromatic nitrogens is 4. The Hall–Kier alpha value is -8.66. The zero-order valence-corrected chi connectivity index (χ0v) is 43.4. The summed E-state index contributed by atoms with van der Waals surface area (Å²) in [5.74, 6) is -6.50. The van der Waals surface area contributed by atoms with E-state index in [0.29, 0.717) is 78.4 Å². The van der Waals surface area contributed by atoms with E-state index in [2.05, 4.69) is 25.3 Å². The number of carbonyl (C=O) groups is 4. The van der Waals surface area contributed by atoms with E-state index in [-0.39, 0.29) is 76.1 Å². The van der Waals surface area contributed by atoms with Crippen molar-refractivity contribution in [1.29, 1.82) is 0 Å². The van der Waals surface area contributed by atoms with Gasteiger partial charge in [0, 0.05) is 135 Å². The van der Waals surface area contributed by atoms with E-state index in [0.717, 1.165) is 33.7 Å². The lowest BCUT2D eigenvalue weighted by Gasteiger charge is -2.31. The second-order valence-corrected chi connectivity index (χ2v) is 19.1. The molecular formula is C56H50Cl2F4N10O7. The molecule has 0 unspecified atom stereocenters. The Bertz CT molecular complexity index is 3540. The van der Waals surface area contributed by atoms with Gasteiger partial charge in [0.15, 0.2) is 11.2 Å². The number of carboxylic acids is 1. The largest absolute Gasteiger partial charge is 0.478 e. The van der Waals surface area contributed by atoms with Gasteiger partial charge in [0.25, 0.3) is 23.7 Å².